The second-order valence-electron chi connectivity index (χ2n) is 6.31. The molecular formula is C19H17ClN2O2. The van der Waals surface area contributed by atoms with Gasteiger partial charge in [-0.15, -0.1) is 0 Å². The molecule has 0 unspecified atom stereocenters. The minimum absolute atomic E-state index is 0.161. The molecule has 0 radical (unpaired) electrons. The summed E-state index contributed by atoms with van der Waals surface area (Å²) in [6, 6.07) is 13.0. The van der Waals surface area contributed by atoms with Crippen LogP contribution in [0.3, 0.4) is 0 Å². The van der Waals surface area contributed by atoms with E-state index in [2.05, 4.69) is 28.2 Å². The summed E-state index contributed by atoms with van der Waals surface area (Å²) in [7, 11) is 0. The molecule has 1 heterocycles. The van der Waals surface area contributed by atoms with Crippen molar-refractivity contribution in [3.63, 3.8) is 0 Å². The highest BCUT2D eigenvalue weighted by Gasteiger charge is 2.22. The minimum atomic E-state index is -1.00. The Morgan fingerprint density at radius 1 is 1.21 bits per heavy atom. The van der Waals surface area contributed by atoms with Crippen LogP contribution in [0.2, 0.25) is 5.02 Å². The van der Waals surface area contributed by atoms with Crippen molar-refractivity contribution in [1.82, 2.24) is 4.57 Å². The molecule has 2 aromatic carbocycles. The highest BCUT2D eigenvalue weighted by atomic mass is 35.5. The van der Waals surface area contributed by atoms with Crippen LogP contribution in [0.4, 0.5) is 11.4 Å². The van der Waals surface area contributed by atoms with Crippen molar-refractivity contribution < 1.29 is 9.90 Å². The summed E-state index contributed by atoms with van der Waals surface area (Å²) in [4.78, 5) is 11.4. The van der Waals surface area contributed by atoms with Gasteiger partial charge < -0.3 is 15.0 Å². The summed E-state index contributed by atoms with van der Waals surface area (Å²) in [6.45, 7) is 1.08. The number of carboxylic acids is 1. The Labute approximate surface area is 144 Å². The van der Waals surface area contributed by atoms with Crippen LogP contribution in [-0.2, 0) is 6.54 Å². The first-order valence-electron chi connectivity index (χ1n) is 7.99. The van der Waals surface area contributed by atoms with Crippen LogP contribution in [0.15, 0.2) is 48.7 Å². The predicted octanol–water partition coefficient (Wildman–Crippen LogP) is 5.15. The molecule has 1 saturated carbocycles. The Kier molecular flexibility index (Phi) is 3.69. The number of hydrogen-bond donors (Lipinski definition) is 2. The zero-order valence-corrected chi connectivity index (χ0v) is 13.8. The standard InChI is InChI=1S/C19H17ClN2O2/c20-14-3-5-17(16(10-14)19(23)24)21-15-4-6-18-13(9-15)7-8-22(18)11-12-1-2-12/h3-10,12,21H,1-2,11H2,(H,23,24). The van der Waals surface area contributed by atoms with Gasteiger partial charge in [-0.1, -0.05) is 11.6 Å². The van der Waals surface area contributed by atoms with Gasteiger partial charge >= 0.3 is 5.97 Å². The van der Waals surface area contributed by atoms with Gasteiger partial charge in [-0.05, 0) is 61.2 Å². The third kappa shape index (κ3) is 2.97. The van der Waals surface area contributed by atoms with E-state index in [1.807, 2.05) is 12.1 Å². The fraction of sp³-hybridized carbons (Fsp3) is 0.211. The Morgan fingerprint density at radius 2 is 2.04 bits per heavy atom. The van der Waals surface area contributed by atoms with E-state index >= 15 is 0 Å². The fourth-order valence-electron chi connectivity index (χ4n) is 2.97. The number of carbonyl (C=O) groups is 1. The number of hydrogen-bond acceptors (Lipinski definition) is 2. The van der Waals surface area contributed by atoms with Gasteiger partial charge in [-0.25, -0.2) is 4.79 Å². The number of aromatic carboxylic acids is 1. The number of nitrogens with zero attached hydrogens (tertiary/aromatic N) is 1. The highest BCUT2D eigenvalue weighted by molar-refractivity contribution is 6.31. The number of aromatic nitrogens is 1. The Morgan fingerprint density at radius 3 is 2.79 bits per heavy atom. The average molecular weight is 341 g/mol. The van der Waals surface area contributed by atoms with E-state index in [0.717, 1.165) is 23.5 Å². The predicted molar refractivity (Wildman–Crippen MR) is 96.4 cm³/mol. The SMILES string of the molecule is O=C(O)c1cc(Cl)ccc1Nc1ccc2c(ccn2CC2CC2)c1. The summed E-state index contributed by atoms with van der Waals surface area (Å²) >= 11 is 5.90. The van der Waals surface area contributed by atoms with E-state index in [0.29, 0.717) is 10.7 Å². The molecule has 0 aliphatic heterocycles. The van der Waals surface area contributed by atoms with Crippen molar-refractivity contribution in [3.8, 4) is 0 Å². The summed E-state index contributed by atoms with van der Waals surface area (Å²) < 4.78 is 2.29. The molecule has 1 aromatic heterocycles. The van der Waals surface area contributed by atoms with Gasteiger partial charge in [-0.3, -0.25) is 0 Å². The van der Waals surface area contributed by atoms with Crippen LogP contribution in [0.25, 0.3) is 10.9 Å². The van der Waals surface area contributed by atoms with Gasteiger partial charge in [-0.2, -0.15) is 0 Å². The second kappa shape index (κ2) is 5.87. The largest absolute Gasteiger partial charge is 0.478 e. The normalized spacial score (nSPS) is 14.0. The maximum absolute atomic E-state index is 11.4. The molecule has 5 heteroatoms. The van der Waals surface area contributed by atoms with Crippen LogP contribution in [0, 0.1) is 5.92 Å². The van der Waals surface area contributed by atoms with Gasteiger partial charge in [0.2, 0.25) is 0 Å². The van der Waals surface area contributed by atoms with E-state index in [1.54, 1.807) is 12.1 Å². The summed E-state index contributed by atoms with van der Waals surface area (Å²) in [5.74, 6) is -0.178. The highest BCUT2D eigenvalue weighted by Crippen LogP contribution is 2.33. The maximum atomic E-state index is 11.4. The summed E-state index contributed by atoms with van der Waals surface area (Å²) in [5, 5.41) is 14.1. The van der Waals surface area contributed by atoms with E-state index in [-0.39, 0.29) is 5.56 Å². The molecule has 24 heavy (non-hydrogen) atoms. The molecule has 2 N–H and O–H groups in total. The summed E-state index contributed by atoms with van der Waals surface area (Å²) in [5.41, 5.74) is 2.76. The maximum Gasteiger partial charge on any atom is 0.337 e. The third-order valence-electron chi connectivity index (χ3n) is 4.41. The van der Waals surface area contributed by atoms with Crippen LogP contribution in [0.5, 0.6) is 0 Å². The molecule has 4 nitrogen and oxygen atoms in total. The zero-order valence-electron chi connectivity index (χ0n) is 13.0. The van der Waals surface area contributed by atoms with Gasteiger partial charge in [0.1, 0.15) is 0 Å². The molecular weight excluding hydrogens is 324 g/mol. The van der Waals surface area contributed by atoms with Gasteiger partial charge in [0.15, 0.2) is 0 Å². The number of carboxylic acid groups (broad SMARTS) is 1. The molecule has 0 amide bonds. The first-order chi connectivity index (χ1) is 11.6. The topological polar surface area (TPSA) is 54.3 Å². The van der Waals surface area contributed by atoms with E-state index in [1.165, 1.54) is 24.4 Å². The number of nitrogens with one attached hydrogen (secondary N) is 1. The van der Waals surface area contributed by atoms with Gasteiger partial charge in [0.05, 0.1) is 11.3 Å². The molecule has 0 saturated heterocycles. The van der Waals surface area contributed by atoms with Crippen LogP contribution < -0.4 is 5.32 Å². The molecule has 122 valence electrons. The van der Waals surface area contributed by atoms with Crippen LogP contribution in [-0.4, -0.2) is 15.6 Å². The van der Waals surface area contributed by atoms with E-state index in [9.17, 15) is 9.90 Å². The van der Waals surface area contributed by atoms with E-state index in [4.69, 9.17) is 11.6 Å². The molecule has 0 atom stereocenters. The van der Waals surface area contributed by atoms with Crippen molar-refractivity contribution in [1.29, 1.82) is 0 Å². The molecule has 1 fully saturated rings. The monoisotopic (exact) mass is 340 g/mol. The number of rotatable bonds is 5. The third-order valence-corrected chi connectivity index (χ3v) is 4.65. The molecule has 4 rings (SSSR count). The number of halogens is 1. The second-order valence-corrected chi connectivity index (χ2v) is 6.74. The van der Waals surface area contributed by atoms with Crippen molar-refractivity contribution in [2.75, 3.05) is 5.32 Å². The lowest BCUT2D eigenvalue weighted by atomic mass is 10.1. The first kappa shape index (κ1) is 15.1. The van der Waals surface area contributed by atoms with Crippen LogP contribution >= 0.6 is 11.6 Å². The number of fused-ring (bicyclic) bond motifs is 1. The van der Waals surface area contributed by atoms with Gasteiger partial charge in [0.25, 0.3) is 0 Å². The molecule has 3 aromatic rings. The van der Waals surface area contributed by atoms with Crippen molar-refractivity contribution in [2.45, 2.75) is 19.4 Å². The quantitative estimate of drug-likeness (QED) is 0.675. The molecule has 0 bridgehead atoms. The molecule has 0 spiro atoms. The average Bonchev–Trinajstić information content (AvgIpc) is 3.29. The first-order valence-corrected chi connectivity index (χ1v) is 8.37. The van der Waals surface area contributed by atoms with E-state index < -0.39 is 5.97 Å². The van der Waals surface area contributed by atoms with Crippen molar-refractivity contribution >= 4 is 39.8 Å². The van der Waals surface area contributed by atoms with Gasteiger partial charge in [0, 0.05) is 34.4 Å². The Balaban J connectivity index is 1.64. The smallest absolute Gasteiger partial charge is 0.337 e. The number of benzene rings is 2. The molecule has 1 aliphatic rings. The lowest BCUT2D eigenvalue weighted by Crippen LogP contribution is -2.02. The van der Waals surface area contributed by atoms with Crippen molar-refractivity contribution in [2.24, 2.45) is 5.92 Å². The Bertz CT molecular complexity index is 928. The zero-order chi connectivity index (χ0) is 16.7. The lowest BCUT2D eigenvalue weighted by Gasteiger charge is -2.11. The fourth-order valence-corrected chi connectivity index (χ4v) is 3.15. The lowest BCUT2D eigenvalue weighted by molar-refractivity contribution is 0.0698. The van der Waals surface area contributed by atoms with Crippen molar-refractivity contribution in [3.05, 3.63) is 59.2 Å². The van der Waals surface area contributed by atoms with Crippen LogP contribution in [0.1, 0.15) is 23.2 Å². The Hall–Kier alpha value is -2.46. The molecule has 1 aliphatic carbocycles. The summed E-state index contributed by atoms with van der Waals surface area (Å²) in [6.07, 6.45) is 4.78. The minimum Gasteiger partial charge on any atom is -0.478 e. The number of anilines is 2.